The van der Waals surface area contributed by atoms with Gasteiger partial charge in [0.1, 0.15) is 0 Å². The molecule has 0 bridgehead atoms. The zero-order valence-corrected chi connectivity index (χ0v) is 10.1. The molecule has 0 fully saturated rings. The third-order valence-electron chi connectivity index (χ3n) is 2.82. The molecule has 0 aromatic heterocycles. The first-order valence-electron chi connectivity index (χ1n) is 5.14. The molecule has 0 nitrogen and oxygen atoms in total. The topological polar surface area (TPSA) is 0 Å². The summed E-state index contributed by atoms with van der Waals surface area (Å²) in [5.41, 5.74) is 0. The first kappa shape index (κ1) is 12.3. The Hall–Kier alpha value is 0.350. The maximum absolute atomic E-state index is 2.40. The molecule has 0 aromatic rings. The van der Waals surface area contributed by atoms with Crippen LogP contribution in [0.1, 0.15) is 47.0 Å². The number of hydrogen-bond acceptors (Lipinski definition) is 1. The second-order valence-corrected chi connectivity index (χ2v) is 5.30. The van der Waals surface area contributed by atoms with Crippen LogP contribution in [0.15, 0.2) is 0 Å². The second kappa shape index (κ2) is 6.82. The van der Waals surface area contributed by atoms with E-state index in [4.69, 9.17) is 0 Å². The van der Waals surface area contributed by atoms with Gasteiger partial charge in [-0.1, -0.05) is 40.5 Å². The Morgan fingerprint density at radius 1 is 1.08 bits per heavy atom. The molecule has 0 radical (unpaired) electrons. The predicted molar refractivity (Wildman–Crippen MR) is 60.8 cm³/mol. The molecule has 0 saturated carbocycles. The van der Waals surface area contributed by atoms with Crippen LogP contribution in [0.2, 0.25) is 0 Å². The fourth-order valence-electron chi connectivity index (χ4n) is 1.59. The van der Waals surface area contributed by atoms with E-state index in [0.29, 0.717) is 0 Å². The first-order valence-corrected chi connectivity index (χ1v) is 6.43. The van der Waals surface area contributed by atoms with Crippen LogP contribution in [0.4, 0.5) is 0 Å². The lowest BCUT2D eigenvalue weighted by atomic mass is 9.88. The summed E-state index contributed by atoms with van der Waals surface area (Å²) in [6, 6.07) is 0. The minimum atomic E-state index is 0.833. The van der Waals surface area contributed by atoms with Crippen LogP contribution >= 0.6 is 11.8 Å². The van der Waals surface area contributed by atoms with Gasteiger partial charge in [-0.3, -0.25) is 0 Å². The number of thioether (sulfide) groups is 1. The van der Waals surface area contributed by atoms with Gasteiger partial charge in [0.05, 0.1) is 0 Å². The normalized spacial score (nSPS) is 18.8. The largest absolute Gasteiger partial charge is 0.162 e. The highest BCUT2D eigenvalue weighted by Crippen LogP contribution is 2.24. The van der Waals surface area contributed by atoms with E-state index in [1.807, 2.05) is 11.8 Å². The summed E-state index contributed by atoms with van der Waals surface area (Å²) in [6.45, 7) is 9.40. The monoisotopic (exact) mass is 188 g/mol. The fourth-order valence-corrected chi connectivity index (χ4v) is 2.09. The molecule has 12 heavy (non-hydrogen) atoms. The SMILES string of the molecule is CCCC(C)C(C)CC(C)SC. The quantitative estimate of drug-likeness (QED) is 0.602. The van der Waals surface area contributed by atoms with E-state index >= 15 is 0 Å². The van der Waals surface area contributed by atoms with Crippen molar-refractivity contribution in [1.29, 1.82) is 0 Å². The summed E-state index contributed by atoms with van der Waals surface area (Å²) >= 11 is 1.99. The first-order chi connectivity index (χ1) is 5.61. The molecule has 0 aliphatic heterocycles. The van der Waals surface area contributed by atoms with Crippen molar-refractivity contribution in [3.8, 4) is 0 Å². The molecule has 0 amide bonds. The molecule has 3 unspecified atom stereocenters. The van der Waals surface area contributed by atoms with Crippen molar-refractivity contribution in [3.05, 3.63) is 0 Å². The zero-order valence-electron chi connectivity index (χ0n) is 9.26. The second-order valence-electron chi connectivity index (χ2n) is 4.03. The van der Waals surface area contributed by atoms with E-state index in [2.05, 4.69) is 34.0 Å². The molecule has 0 N–H and O–H groups in total. The van der Waals surface area contributed by atoms with Gasteiger partial charge < -0.3 is 0 Å². The van der Waals surface area contributed by atoms with Gasteiger partial charge in [0.2, 0.25) is 0 Å². The maximum atomic E-state index is 2.40. The van der Waals surface area contributed by atoms with E-state index in [1.165, 1.54) is 19.3 Å². The van der Waals surface area contributed by atoms with Gasteiger partial charge in [-0.05, 0) is 24.5 Å². The van der Waals surface area contributed by atoms with Crippen molar-refractivity contribution >= 4 is 11.8 Å². The summed E-state index contributed by atoms with van der Waals surface area (Å²) in [7, 11) is 0. The molecule has 0 rings (SSSR count). The Morgan fingerprint density at radius 2 is 1.67 bits per heavy atom. The molecule has 0 aliphatic carbocycles. The molecular weight excluding hydrogens is 164 g/mol. The summed E-state index contributed by atoms with van der Waals surface area (Å²) in [5, 5.41) is 0.833. The highest BCUT2D eigenvalue weighted by atomic mass is 32.2. The minimum absolute atomic E-state index is 0.833. The fraction of sp³-hybridized carbons (Fsp3) is 1.00. The highest BCUT2D eigenvalue weighted by Gasteiger charge is 2.13. The standard InChI is InChI=1S/C11H24S/c1-6-7-9(2)10(3)8-11(4)12-5/h9-11H,6-8H2,1-5H3. The van der Waals surface area contributed by atoms with Gasteiger partial charge in [-0.15, -0.1) is 0 Å². The average molecular weight is 188 g/mol. The Morgan fingerprint density at radius 3 is 2.08 bits per heavy atom. The van der Waals surface area contributed by atoms with Crippen LogP contribution in [-0.2, 0) is 0 Å². The lowest BCUT2D eigenvalue weighted by Crippen LogP contribution is -2.12. The van der Waals surface area contributed by atoms with Crippen LogP contribution in [0.3, 0.4) is 0 Å². The Labute approximate surface area is 82.5 Å². The van der Waals surface area contributed by atoms with Crippen molar-refractivity contribution in [2.75, 3.05) is 6.26 Å². The third kappa shape index (κ3) is 5.08. The summed E-state index contributed by atoms with van der Waals surface area (Å²) in [5.74, 6) is 1.80. The van der Waals surface area contributed by atoms with E-state index in [9.17, 15) is 0 Å². The molecule has 3 atom stereocenters. The Kier molecular flexibility index (Phi) is 7.02. The molecule has 0 saturated heterocycles. The molecule has 0 heterocycles. The van der Waals surface area contributed by atoms with Crippen LogP contribution in [0.25, 0.3) is 0 Å². The Balaban J connectivity index is 3.62. The number of rotatable bonds is 6. The summed E-state index contributed by atoms with van der Waals surface area (Å²) in [6.07, 6.45) is 6.31. The molecule has 0 spiro atoms. The number of hydrogen-bond donors (Lipinski definition) is 0. The van der Waals surface area contributed by atoms with E-state index in [1.54, 1.807) is 0 Å². The average Bonchev–Trinajstić information content (AvgIpc) is 2.04. The molecule has 0 aliphatic rings. The van der Waals surface area contributed by atoms with Crippen LogP contribution in [0.5, 0.6) is 0 Å². The minimum Gasteiger partial charge on any atom is -0.162 e. The molecule has 74 valence electrons. The third-order valence-corrected chi connectivity index (χ3v) is 3.82. The summed E-state index contributed by atoms with van der Waals surface area (Å²) in [4.78, 5) is 0. The van der Waals surface area contributed by atoms with Crippen molar-refractivity contribution in [2.24, 2.45) is 11.8 Å². The highest BCUT2D eigenvalue weighted by molar-refractivity contribution is 7.99. The smallest absolute Gasteiger partial charge is 0.00185 e. The lowest BCUT2D eigenvalue weighted by molar-refractivity contribution is 0.342. The van der Waals surface area contributed by atoms with E-state index in [-0.39, 0.29) is 0 Å². The molecule has 0 aromatic carbocycles. The maximum Gasteiger partial charge on any atom is 0.00185 e. The molecule has 1 heteroatoms. The van der Waals surface area contributed by atoms with Crippen molar-refractivity contribution in [2.45, 2.75) is 52.2 Å². The predicted octanol–water partition coefficient (Wildman–Crippen LogP) is 4.20. The lowest BCUT2D eigenvalue weighted by Gasteiger charge is -2.21. The molecular formula is C11H24S. The van der Waals surface area contributed by atoms with E-state index < -0.39 is 0 Å². The van der Waals surface area contributed by atoms with Gasteiger partial charge in [-0.25, -0.2) is 0 Å². The Bertz CT molecular complexity index is 101. The van der Waals surface area contributed by atoms with Gasteiger partial charge in [0, 0.05) is 5.25 Å². The van der Waals surface area contributed by atoms with E-state index in [0.717, 1.165) is 17.1 Å². The van der Waals surface area contributed by atoms with Crippen molar-refractivity contribution < 1.29 is 0 Å². The van der Waals surface area contributed by atoms with Gasteiger partial charge >= 0.3 is 0 Å². The van der Waals surface area contributed by atoms with Crippen molar-refractivity contribution in [3.63, 3.8) is 0 Å². The van der Waals surface area contributed by atoms with Gasteiger partial charge in [0.25, 0.3) is 0 Å². The van der Waals surface area contributed by atoms with Crippen LogP contribution in [-0.4, -0.2) is 11.5 Å². The summed E-state index contributed by atoms with van der Waals surface area (Å²) < 4.78 is 0. The zero-order chi connectivity index (χ0) is 9.56. The van der Waals surface area contributed by atoms with Crippen LogP contribution in [0, 0.1) is 11.8 Å². The van der Waals surface area contributed by atoms with Gasteiger partial charge in [0.15, 0.2) is 0 Å². The van der Waals surface area contributed by atoms with Crippen LogP contribution < -0.4 is 0 Å². The van der Waals surface area contributed by atoms with Crippen molar-refractivity contribution in [1.82, 2.24) is 0 Å². The van der Waals surface area contributed by atoms with Gasteiger partial charge in [-0.2, -0.15) is 11.8 Å².